The third kappa shape index (κ3) is 2.81. The Morgan fingerprint density at radius 2 is 2.05 bits per heavy atom. The molecule has 2 heterocycles. The SMILES string of the molecule is Cn1ncc2c(N)nc(COCc3ccccc3Cl)nc21. The van der Waals surface area contributed by atoms with Gasteiger partial charge in [0.2, 0.25) is 0 Å². The summed E-state index contributed by atoms with van der Waals surface area (Å²) in [7, 11) is 1.81. The van der Waals surface area contributed by atoms with Crippen molar-refractivity contribution in [1.29, 1.82) is 0 Å². The number of rotatable bonds is 4. The molecule has 108 valence electrons. The van der Waals surface area contributed by atoms with Gasteiger partial charge in [0.05, 0.1) is 18.2 Å². The number of ether oxygens (including phenoxy) is 1. The smallest absolute Gasteiger partial charge is 0.163 e. The molecule has 0 fully saturated rings. The van der Waals surface area contributed by atoms with Crippen LogP contribution in [0, 0.1) is 0 Å². The van der Waals surface area contributed by atoms with E-state index in [4.69, 9.17) is 22.1 Å². The molecule has 1 aromatic carbocycles. The Morgan fingerprint density at radius 1 is 1.24 bits per heavy atom. The first kappa shape index (κ1) is 13.8. The summed E-state index contributed by atoms with van der Waals surface area (Å²) in [6.45, 7) is 0.656. The largest absolute Gasteiger partial charge is 0.383 e. The van der Waals surface area contributed by atoms with Crippen molar-refractivity contribution >= 4 is 28.5 Å². The Labute approximate surface area is 126 Å². The molecule has 0 saturated carbocycles. The lowest BCUT2D eigenvalue weighted by Crippen LogP contribution is -2.05. The number of aromatic nitrogens is 4. The Balaban J connectivity index is 1.74. The van der Waals surface area contributed by atoms with E-state index in [0.717, 1.165) is 10.9 Å². The monoisotopic (exact) mass is 303 g/mol. The van der Waals surface area contributed by atoms with E-state index in [1.807, 2.05) is 31.3 Å². The highest BCUT2D eigenvalue weighted by Crippen LogP contribution is 2.18. The van der Waals surface area contributed by atoms with Crippen LogP contribution in [0.1, 0.15) is 11.4 Å². The number of nitrogen functional groups attached to an aromatic ring is 1. The molecular formula is C14H14ClN5O. The zero-order valence-corrected chi connectivity index (χ0v) is 12.2. The molecule has 0 aliphatic carbocycles. The summed E-state index contributed by atoms with van der Waals surface area (Å²) in [4.78, 5) is 8.62. The summed E-state index contributed by atoms with van der Waals surface area (Å²) < 4.78 is 7.27. The minimum Gasteiger partial charge on any atom is -0.383 e. The van der Waals surface area contributed by atoms with Crippen molar-refractivity contribution < 1.29 is 4.74 Å². The zero-order valence-electron chi connectivity index (χ0n) is 11.5. The van der Waals surface area contributed by atoms with Gasteiger partial charge in [-0.2, -0.15) is 5.10 Å². The summed E-state index contributed by atoms with van der Waals surface area (Å²) in [6, 6.07) is 7.55. The Morgan fingerprint density at radius 3 is 2.86 bits per heavy atom. The predicted molar refractivity (Wildman–Crippen MR) is 80.7 cm³/mol. The van der Waals surface area contributed by atoms with Crippen LogP contribution in [0.2, 0.25) is 5.02 Å². The summed E-state index contributed by atoms with van der Waals surface area (Å²) >= 11 is 6.07. The summed E-state index contributed by atoms with van der Waals surface area (Å²) in [5.74, 6) is 0.931. The van der Waals surface area contributed by atoms with E-state index in [0.29, 0.717) is 28.9 Å². The van der Waals surface area contributed by atoms with Gasteiger partial charge < -0.3 is 10.5 Å². The molecule has 0 radical (unpaired) electrons. The van der Waals surface area contributed by atoms with E-state index in [9.17, 15) is 0 Å². The molecule has 3 aromatic rings. The summed E-state index contributed by atoms with van der Waals surface area (Å²) in [5.41, 5.74) is 7.51. The fourth-order valence-corrected chi connectivity index (χ4v) is 2.21. The predicted octanol–water partition coefficient (Wildman–Crippen LogP) is 2.32. The second-order valence-corrected chi connectivity index (χ2v) is 5.02. The topological polar surface area (TPSA) is 78.9 Å². The van der Waals surface area contributed by atoms with Crippen molar-refractivity contribution in [2.45, 2.75) is 13.2 Å². The van der Waals surface area contributed by atoms with E-state index in [-0.39, 0.29) is 6.61 Å². The number of aryl methyl sites for hydroxylation is 1. The lowest BCUT2D eigenvalue weighted by molar-refractivity contribution is 0.102. The lowest BCUT2D eigenvalue weighted by atomic mass is 10.2. The highest BCUT2D eigenvalue weighted by Gasteiger charge is 2.09. The second kappa shape index (κ2) is 5.67. The normalized spacial score (nSPS) is 11.1. The minimum absolute atomic E-state index is 0.260. The number of hydrogen-bond acceptors (Lipinski definition) is 5. The molecule has 0 bridgehead atoms. The molecule has 0 amide bonds. The second-order valence-electron chi connectivity index (χ2n) is 4.61. The molecule has 2 aromatic heterocycles. The molecule has 3 rings (SSSR count). The van der Waals surface area contributed by atoms with E-state index < -0.39 is 0 Å². The maximum Gasteiger partial charge on any atom is 0.163 e. The molecule has 0 aliphatic heterocycles. The molecule has 0 saturated heterocycles. The standard InChI is InChI=1S/C14H14ClN5O/c1-20-14-10(6-17-20)13(16)18-12(19-14)8-21-7-9-4-2-3-5-11(9)15/h2-6H,7-8H2,1H3,(H2,16,18,19). The van der Waals surface area contributed by atoms with Crippen molar-refractivity contribution in [3.05, 3.63) is 46.9 Å². The van der Waals surface area contributed by atoms with Crippen molar-refractivity contribution in [2.75, 3.05) is 5.73 Å². The molecular weight excluding hydrogens is 290 g/mol. The van der Waals surface area contributed by atoms with Gasteiger partial charge in [0.15, 0.2) is 11.5 Å². The van der Waals surface area contributed by atoms with Gasteiger partial charge >= 0.3 is 0 Å². The zero-order chi connectivity index (χ0) is 14.8. The average molecular weight is 304 g/mol. The number of nitrogens with two attached hydrogens (primary N) is 1. The Bertz CT molecular complexity index is 786. The van der Waals surface area contributed by atoms with Crippen molar-refractivity contribution in [1.82, 2.24) is 19.7 Å². The maximum atomic E-state index is 6.07. The molecule has 7 heteroatoms. The Hall–Kier alpha value is -2.18. The fourth-order valence-electron chi connectivity index (χ4n) is 2.02. The van der Waals surface area contributed by atoms with Crippen LogP contribution in [0.4, 0.5) is 5.82 Å². The van der Waals surface area contributed by atoms with Gasteiger partial charge in [-0.3, -0.25) is 4.68 Å². The number of anilines is 1. The molecule has 0 atom stereocenters. The van der Waals surface area contributed by atoms with Crippen LogP contribution in [0.25, 0.3) is 11.0 Å². The Kier molecular flexibility index (Phi) is 3.72. The van der Waals surface area contributed by atoms with Crippen LogP contribution in [0.5, 0.6) is 0 Å². The lowest BCUT2D eigenvalue weighted by Gasteiger charge is -2.06. The van der Waals surface area contributed by atoms with Gasteiger partial charge in [-0.15, -0.1) is 0 Å². The van der Waals surface area contributed by atoms with Crippen LogP contribution in [-0.4, -0.2) is 19.7 Å². The molecule has 2 N–H and O–H groups in total. The number of benzene rings is 1. The van der Waals surface area contributed by atoms with Gasteiger partial charge in [-0.1, -0.05) is 29.8 Å². The molecule has 0 unspecified atom stereocenters. The van der Waals surface area contributed by atoms with Crippen LogP contribution in [0.3, 0.4) is 0 Å². The van der Waals surface area contributed by atoms with E-state index >= 15 is 0 Å². The maximum absolute atomic E-state index is 6.07. The first-order valence-electron chi connectivity index (χ1n) is 6.40. The first-order chi connectivity index (χ1) is 10.1. The first-order valence-corrected chi connectivity index (χ1v) is 6.78. The van der Waals surface area contributed by atoms with Crippen LogP contribution in [0.15, 0.2) is 30.5 Å². The van der Waals surface area contributed by atoms with Gasteiger partial charge in [0.1, 0.15) is 12.4 Å². The third-order valence-electron chi connectivity index (χ3n) is 3.11. The van der Waals surface area contributed by atoms with E-state index in [2.05, 4.69) is 15.1 Å². The minimum atomic E-state index is 0.260. The molecule has 0 spiro atoms. The summed E-state index contributed by atoms with van der Waals surface area (Å²) in [6.07, 6.45) is 1.65. The quantitative estimate of drug-likeness (QED) is 0.800. The van der Waals surface area contributed by atoms with E-state index in [1.54, 1.807) is 10.9 Å². The van der Waals surface area contributed by atoms with Gasteiger partial charge in [0.25, 0.3) is 0 Å². The van der Waals surface area contributed by atoms with Gasteiger partial charge in [-0.05, 0) is 11.6 Å². The number of halogens is 1. The van der Waals surface area contributed by atoms with Crippen molar-refractivity contribution in [2.24, 2.45) is 7.05 Å². The van der Waals surface area contributed by atoms with Gasteiger partial charge in [-0.25, -0.2) is 9.97 Å². The fraction of sp³-hybridized carbons (Fsp3) is 0.214. The highest BCUT2D eigenvalue weighted by molar-refractivity contribution is 6.31. The van der Waals surface area contributed by atoms with Gasteiger partial charge in [0, 0.05) is 12.1 Å². The number of hydrogen-bond donors (Lipinski definition) is 1. The van der Waals surface area contributed by atoms with E-state index in [1.165, 1.54) is 0 Å². The molecule has 0 aliphatic rings. The van der Waals surface area contributed by atoms with Crippen LogP contribution in [-0.2, 0) is 25.0 Å². The molecule has 21 heavy (non-hydrogen) atoms. The number of nitrogens with zero attached hydrogens (tertiary/aromatic N) is 4. The van der Waals surface area contributed by atoms with Crippen LogP contribution >= 0.6 is 11.6 Å². The number of fused-ring (bicyclic) bond motifs is 1. The van der Waals surface area contributed by atoms with Crippen molar-refractivity contribution in [3.8, 4) is 0 Å². The third-order valence-corrected chi connectivity index (χ3v) is 3.48. The average Bonchev–Trinajstić information content (AvgIpc) is 2.83. The highest BCUT2D eigenvalue weighted by atomic mass is 35.5. The van der Waals surface area contributed by atoms with Crippen LogP contribution < -0.4 is 5.73 Å². The molecule has 6 nitrogen and oxygen atoms in total. The van der Waals surface area contributed by atoms with Crippen molar-refractivity contribution in [3.63, 3.8) is 0 Å². The summed E-state index contributed by atoms with van der Waals surface area (Å²) in [5, 5.41) is 5.54.